The molecule has 1 aliphatic heterocycles. The average molecular weight is 474 g/mol. The van der Waals surface area contributed by atoms with Gasteiger partial charge in [0.2, 0.25) is 12.5 Å². The minimum Gasteiger partial charge on any atom is -0.493 e. The molecule has 2 aromatic carbocycles. The van der Waals surface area contributed by atoms with E-state index in [-0.39, 0.29) is 6.79 Å². The summed E-state index contributed by atoms with van der Waals surface area (Å²) in [5, 5.41) is 11.2. The third-order valence-electron chi connectivity index (χ3n) is 6.31. The topological polar surface area (TPSA) is 119 Å². The fourth-order valence-electron chi connectivity index (χ4n) is 4.79. The van der Waals surface area contributed by atoms with E-state index < -0.39 is 35.8 Å². The number of benzene rings is 2. The molecule has 182 valence electrons. The molecule has 10 heteroatoms. The molecule has 1 heterocycles. The van der Waals surface area contributed by atoms with E-state index in [4.69, 9.17) is 33.2 Å². The lowest BCUT2D eigenvalue weighted by atomic mass is 9.65. The predicted octanol–water partition coefficient (Wildman–Crippen LogP) is 2.20. The van der Waals surface area contributed by atoms with Gasteiger partial charge < -0.3 is 38.3 Å². The van der Waals surface area contributed by atoms with Crippen molar-refractivity contribution < 1.29 is 47.9 Å². The van der Waals surface area contributed by atoms with E-state index in [1.54, 1.807) is 24.3 Å². The summed E-state index contributed by atoms with van der Waals surface area (Å²) >= 11 is 0. The Morgan fingerprint density at radius 3 is 1.82 bits per heavy atom. The molecule has 0 amide bonds. The zero-order valence-corrected chi connectivity index (χ0v) is 19.4. The van der Waals surface area contributed by atoms with Gasteiger partial charge in [-0.25, -0.2) is 0 Å². The summed E-state index contributed by atoms with van der Waals surface area (Å²) in [5.74, 6) is -2.55. The minimum absolute atomic E-state index is 0.0179. The molecule has 0 unspecified atom stereocenters. The van der Waals surface area contributed by atoms with Crippen LogP contribution in [0.5, 0.6) is 28.7 Å². The molecule has 0 saturated carbocycles. The van der Waals surface area contributed by atoms with Crippen molar-refractivity contribution >= 4 is 11.9 Å². The zero-order valence-electron chi connectivity index (χ0n) is 19.4. The molecule has 0 saturated heterocycles. The Morgan fingerprint density at radius 1 is 0.794 bits per heavy atom. The lowest BCUT2D eigenvalue weighted by Crippen LogP contribution is -2.43. The van der Waals surface area contributed by atoms with E-state index in [1.165, 1.54) is 35.5 Å². The van der Waals surface area contributed by atoms with Gasteiger partial charge in [0, 0.05) is 5.92 Å². The number of esters is 2. The standard InChI is InChI=1S/C24H26O10/c1-28-16-6-11(7-17(29-2)22(16)30-3)18-12-8-14-15(34-10-33-14)9-13(12)21(25)20(24(27)32-5)19(18)23(26)31-4/h6-9,18-21,25H,10H2,1-5H3/t18-,19-,20+,21+/m1/s1. The van der Waals surface area contributed by atoms with Gasteiger partial charge in [-0.05, 0) is 41.0 Å². The first-order valence-electron chi connectivity index (χ1n) is 10.5. The minimum atomic E-state index is -1.35. The van der Waals surface area contributed by atoms with E-state index in [1.807, 2.05) is 0 Å². The fourth-order valence-corrected chi connectivity index (χ4v) is 4.79. The number of hydrogen-bond acceptors (Lipinski definition) is 10. The summed E-state index contributed by atoms with van der Waals surface area (Å²) in [7, 11) is 6.87. The second-order valence-electron chi connectivity index (χ2n) is 7.81. The number of hydrogen-bond donors (Lipinski definition) is 1. The number of aliphatic hydroxyl groups is 1. The lowest BCUT2D eigenvalue weighted by Gasteiger charge is -2.40. The number of carbonyl (C=O) groups is 2. The van der Waals surface area contributed by atoms with Crippen LogP contribution >= 0.6 is 0 Å². The summed E-state index contributed by atoms with van der Waals surface area (Å²) in [5.41, 5.74) is 1.56. The largest absolute Gasteiger partial charge is 0.493 e. The van der Waals surface area contributed by atoms with Crippen molar-refractivity contribution in [2.75, 3.05) is 42.3 Å². The Bertz CT molecular complexity index is 1090. The molecule has 0 spiro atoms. The highest BCUT2D eigenvalue weighted by Crippen LogP contribution is 2.54. The maximum Gasteiger partial charge on any atom is 0.312 e. The van der Waals surface area contributed by atoms with Crippen molar-refractivity contribution in [2.24, 2.45) is 11.8 Å². The maximum absolute atomic E-state index is 13.1. The Morgan fingerprint density at radius 2 is 1.32 bits per heavy atom. The highest BCUT2D eigenvalue weighted by Gasteiger charge is 2.52. The summed E-state index contributed by atoms with van der Waals surface area (Å²) in [4.78, 5) is 26.0. The molecule has 34 heavy (non-hydrogen) atoms. The van der Waals surface area contributed by atoms with Crippen LogP contribution in [0.15, 0.2) is 24.3 Å². The fraction of sp³-hybridized carbons (Fsp3) is 0.417. The van der Waals surface area contributed by atoms with Crippen LogP contribution in [0, 0.1) is 11.8 Å². The smallest absolute Gasteiger partial charge is 0.312 e. The number of fused-ring (bicyclic) bond motifs is 2. The van der Waals surface area contributed by atoms with Gasteiger partial charge in [-0.2, -0.15) is 0 Å². The van der Waals surface area contributed by atoms with Crippen LogP contribution < -0.4 is 23.7 Å². The van der Waals surface area contributed by atoms with Gasteiger partial charge in [-0.3, -0.25) is 9.59 Å². The van der Waals surface area contributed by atoms with Crippen LogP contribution in [0.1, 0.15) is 28.7 Å². The Kier molecular flexibility index (Phi) is 6.43. The van der Waals surface area contributed by atoms with Gasteiger partial charge in [-0.15, -0.1) is 0 Å². The Balaban J connectivity index is 2.03. The summed E-state index contributed by atoms with van der Waals surface area (Å²) < 4.78 is 37.5. The van der Waals surface area contributed by atoms with E-state index in [0.717, 1.165) is 0 Å². The van der Waals surface area contributed by atoms with E-state index in [0.29, 0.717) is 45.4 Å². The number of methoxy groups -OCH3 is 5. The number of carbonyl (C=O) groups excluding carboxylic acids is 2. The van der Waals surface area contributed by atoms with Gasteiger partial charge in [0.1, 0.15) is 5.92 Å². The van der Waals surface area contributed by atoms with Gasteiger partial charge in [-0.1, -0.05) is 0 Å². The maximum atomic E-state index is 13.1. The van der Waals surface area contributed by atoms with Crippen LogP contribution in [0.4, 0.5) is 0 Å². The molecule has 10 nitrogen and oxygen atoms in total. The highest BCUT2D eigenvalue weighted by molar-refractivity contribution is 5.85. The van der Waals surface area contributed by atoms with Crippen molar-refractivity contribution in [1.82, 2.24) is 0 Å². The van der Waals surface area contributed by atoms with E-state index >= 15 is 0 Å². The first-order valence-corrected chi connectivity index (χ1v) is 10.5. The van der Waals surface area contributed by atoms with Gasteiger partial charge in [0.25, 0.3) is 0 Å². The number of ether oxygens (including phenoxy) is 7. The Labute approximate surface area is 196 Å². The zero-order chi connectivity index (χ0) is 24.6. The second-order valence-corrected chi connectivity index (χ2v) is 7.81. The normalized spacial score (nSPS) is 22.4. The lowest BCUT2D eigenvalue weighted by molar-refractivity contribution is -0.164. The number of rotatable bonds is 6. The first kappa shape index (κ1) is 23.5. The van der Waals surface area contributed by atoms with E-state index in [2.05, 4.69) is 0 Å². The van der Waals surface area contributed by atoms with Crippen molar-refractivity contribution in [3.8, 4) is 28.7 Å². The first-order chi connectivity index (χ1) is 16.4. The number of aliphatic hydroxyl groups excluding tert-OH is 1. The third-order valence-corrected chi connectivity index (χ3v) is 6.31. The van der Waals surface area contributed by atoms with Crippen molar-refractivity contribution in [1.29, 1.82) is 0 Å². The molecule has 1 N–H and O–H groups in total. The van der Waals surface area contributed by atoms with Gasteiger partial charge in [0.05, 0.1) is 47.6 Å². The molecule has 1 aliphatic carbocycles. The molecule has 0 aromatic heterocycles. The molecule has 2 aliphatic rings. The molecule has 4 atom stereocenters. The summed E-state index contributed by atoms with van der Waals surface area (Å²) in [6.07, 6.45) is -1.35. The highest BCUT2D eigenvalue weighted by atomic mass is 16.7. The molecule has 0 fully saturated rings. The molecule has 2 aromatic rings. The van der Waals surface area contributed by atoms with Gasteiger partial charge >= 0.3 is 11.9 Å². The molecule has 4 rings (SSSR count). The quantitative estimate of drug-likeness (QED) is 0.624. The van der Waals surface area contributed by atoms with Crippen LogP contribution in [-0.4, -0.2) is 59.4 Å². The molecule has 0 radical (unpaired) electrons. The summed E-state index contributed by atoms with van der Waals surface area (Å²) in [6, 6.07) is 6.72. The van der Waals surface area contributed by atoms with Crippen LogP contribution in [-0.2, 0) is 19.1 Å². The van der Waals surface area contributed by atoms with Crippen LogP contribution in [0.2, 0.25) is 0 Å². The molecular weight excluding hydrogens is 448 g/mol. The van der Waals surface area contributed by atoms with Crippen molar-refractivity contribution in [2.45, 2.75) is 12.0 Å². The second kappa shape index (κ2) is 9.30. The molecular formula is C24H26O10. The molecule has 0 bridgehead atoms. The third kappa shape index (κ3) is 3.63. The van der Waals surface area contributed by atoms with E-state index in [9.17, 15) is 14.7 Å². The monoisotopic (exact) mass is 474 g/mol. The van der Waals surface area contributed by atoms with Crippen LogP contribution in [0.3, 0.4) is 0 Å². The Hall–Kier alpha value is -3.66. The van der Waals surface area contributed by atoms with Gasteiger partial charge in [0.15, 0.2) is 23.0 Å². The predicted molar refractivity (Wildman–Crippen MR) is 116 cm³/mol. The van der Waals surface area contributed by atoms with Crippen molar-refractivity contribution in [3.63, 3.8) is 0 Å². The van der Waals surface area contributed by atoms with Crippen LogP contribution in [0.25, 0.3) is 0 Å². The summed E-state index contributed by atoms with van der Waals surface area (Å²) in [6.45, 7) is 0.0179. The average Bonchev–Trinajstić information content (AvgIpc) is 3.33. The van der Waals surface area contributed by atoms with Crippen molar-refractivity contribution in [3.05, 3.63) is 41.0 Å². The SMILES string of the molecule is COC(=O)[C@@H]1[C@H](c2cc(OC)c(OC)c(OC)c2)c2cc3c(cc2[C@H](O)[C@H]1C(=O)OC)OCO3.